The van der Waals surface area contributed by atoms with Crippen molar-refractivity contribution in [3.63, 3.8) is 0 Å². The van der Waals surface area contributed by atoms with Crippen LogP contribution in [0, 0.1) is 26.7 Å². The van der Waals surface area contributed by atoms with Crippen LogP contribution in [0.4, 0.5) is 5.82 Å². The van der Waals surface area contributed by atoms with Gasteiger partial charge in [-0.1, -0.05) is 18.2 Å². The molecule has 1 atom stereocenters. The molecule has 0 spiro atoms. The second-order valence-corrected chi connectivity index (χ2v) is 7.63. The van der Waals surface area contributed by atoms with Crippen molar-refractivity contribution in [3.8, 4) is 5.75 Å². The van der Waals surface area contributed by atoms with E-state index in [0.717, 1.165) is 29.7 Å². The van der Waals surface area contributed by atoms with E-state index in [1.165, 1.54) is 5.56 Å². The van der Waals surface area contributed by atoms with Gasteiger partial charge in [0.25, 0.3) is 0 Å². The standard InChI is InChI=1S/C23H29N3O3/c1-16-7-4-10-20(18(16)3)29-14-11-21(27)26-13-6-9-19(15-26)23(28)25-22-17(2)8-5-12-24-22/h4-5,7-8,10,12,19H,6,9,11,13-15H2,1-3H3,(H,24,25,28). The van der Waals surface area contributed by atoms with Crippen LogP contribution in [-0.4, -0.2) is 41.4 Å². The highest BCUT2D eigenvalue weighted by molar-refractivity contribution is 5.93. The van der Waals surface area contributed by atoms with Crippen LogP contribution in [0.1, 0.15) is 36.0 Å². The molecule has 1 aromatic carbocycles. The summed E-state index contributed by atoms with van der Waals surface area (Å²) in [6.07, 6.45) is 3.57. The number of carbonyl (C=O) groups excluding carboxylic acids is 2. The zero-order valence-corrected chi connectivity index (χ0v) is 17.4. The van der Waals surface area contributed by atoms with Crippen molar-refractivity contribution in [2.45, 2.75) is 40.0 Å². The van der Waals surface area contributed by atoms with Crippen LogP contribution >= 0.6 is 0 Å². The number of piperidine rings is 1. The number of rotatable bonds is 6. The second kappa shape index (κ2) is 9.54. The third-order valence-electron chi connectivity index (χ3n) is 5.52. The molecule has 1 unspecified atom stereocenters. The summed E-state index contributed by atoms with van der Waals surface area (Å²) in [6.45, 7) is 7.44. The number of hydrogen-bond acceptors (Lipinski definition) is 4. The zero-order valence-electron chi connectivity index (χ0n) is 17.4. The summed E-state index contributed by atoms with van der Waals surface area (Å²) in [5, 5.41) is 2.90. The van der Waals surface area contributed by atoms with Crippen molar-refractivity contribution in [2.24, 2.45) is 5.92 Å². The lowest BCUT2D eigenvalue weighted by Crippen LogP contribution is -2.44. The van der Waals surface area contributed by atoms with E-state index in [1.807, 2.05) is 51.1 Å². The molecular weight excluding hydrogens is 366 g/mol. The van der Waals surface area contributed by atoms with Gasteiger partial charge in [0.05, 0.1) is 18.9 Å². The number of amides is 2. The molecular formula is C23H29N3O3. The Labute approximate surface area is 172 Å². The molecule has 154 valence electrons. The molecule has 0 radical (unpaired) electrons. The average molecular weight is 396 g/mol. The van der Waals surface area contributed by atoms with Crippen molar-refractivity contribution in [2.75, 3.05) is 25.0 Å². The van der Waals surface area contributed by atoms with Crippen LogP contribution in [0.5, 0.6) is 5.75 Å². The molecule has 1 saturated heterocycles. The van der Waals surface area contributed by atoms with E-state index >= 15 is 0 Å². The fraction of sp³-hybridized carbons (Fsp3) is 0.435. The second-order valence-electron chi connectivity index (χ2n) is 7.63. The maximum Gasteiger partial charge on any atom is 0.230 e. The summed E-state index contributed by atoms with van der Waals surface area (Å²) in [5.74, 6) is 1.15. The van der Waals surface area contributed by atoms with Crippen molar-refractivity contribution in [1.29, 1.82) is 0 Å². The third kappa shape index (κ3) is 5.34. The molecule has 6 heteroatoms. The maximum absolute atomic E-state index is 12.6. The summed E-state index contributed by atoms with van der Waals surface area (Å²) >= 11 is 0. The van der Waals surface area contributed by atoms with E-state index in [0.29, 0.717) is 31.9 Å². The van der Waals surface area contributed by atoms with Crippen molar-refractivity contribution >= 4 is 17.6 Å². The SMILES string of the molecule is Cc1cccnc1NC(=O)C1CCCN(C(=O)CCOc2cccc(C)c2C)C1. The van der Waals surface area contributed by atoms with Gasteiger partial charge in [-0.3, -0.25) is 9.59 Å². The number of aromatic nitrogens is 1. The van der Waals surface area contributed by atoms with Gasteiger partial charge in [-0.2, -0.15) is 0 Å². The Hall–Kier alpha value is -2.89. The van der Waals surface area contributed by atoms with Crippen molar-refractivity contribution in [3.05, 3.63) is 53.2 Å². The van der Waals surface area contributed by atoms with Gasteiger partial charge in [-0.05, 0) is 62.4 Å². The third-order valence-corrected chi connectivity index (χ3v) is 5.52. The highest BCUT2D eigenvalue weighted by Crippen LogP contribution is 2.22. The summed E-state index contributed by atoms with van der Waals surface area (Å²) in [4.78, 5) is 31.3. The molecule has 2 amide bonds. The van der Waals surface area contributed by atoms with Crippen LogP contribution < -0.4 is 10.1 Å². The Morgan fingerprint density at radius 2 is 1.97 bits per heavy atom. The first-order chi connectivity index (χ1) is 14.0. The minimum absolute atomic E-state index is 0.0295. The Balaban J connectivity index is 1.50. The lowest BCUT2D eigenvalue weighted by atomic mass is 9.96. The quantitative estimate of drug-likeness (QED) is 0.810. The van der Waals surface area contributed by atoms with E-state index in [-0.39, 0.29) is 17.7 Å². The largest absolute Gasteiger partial charge is 0.493 e. The summed E-state index contributed by atoms with van der Waals surface area (Å²) in [5.41, 5.74) is 3.19. The highest BCUT2D eigenvalue weighted by atomic mass is 16.5. The van der Waals surface area contributed by atoms with Crippen LogP contribution in [0.3, 0.4) is 0 Å². The first kappa shape index (κ1) is 20.8. The van der Waals surface area contributed by atoms with Crippen LogP contribution in [0.2, 0.25) is 0 Å². The number of nitrogens with one attached hydrogen (secondary N) is 1. The van der Waals surface area contributed by atoms with E-state index in [2.05, 4.69) is 10.3 Å². The first-order valence-electron chi connectivity index (χ1n) is 10.1. The summed E-state index contributed by atoms with van der Waals surface area (Å²) < 4.78 is 5.81. The molecule has 1 aliphatic heterocycles. The molecule has 2 aromatic rings. The molecule has 1 aliphatic rings. The molecule has 0 bridgehead atoms. The molecule has 1 fully saturated rings. The Kier molecular flexibility index (Phi) is 6.86. The van der Waals surface area contributed by atoms with Gasteiger partial charge in [0.15, 0.2) is 0 Å². The number of anilines is 1. The molecule has 1 aromatic heterocycles. The number of benzene rings is 1. The molecule has 2 heterocycles. The predicted molar refractivity (Wildman–Crippen MR) is 113 cm³/mol. The first-order valence-corrected chi connectivity index (χ1v) is 10.1. The topological polar surface area (TPSA) is 71.5 Å². The van der Waals surface area contributed by atoms with Crippen LogP contribution in [-0.2, 0) is 9.59 Å². The predicted octanol–water partition coefficient (Wildman–Crippen LogP) is 3.65. The smallest absolute Gasteiger partial charge is 0.230 e. The van der Waals surface area contributed by atoms with E-state index in [1.54, 1.807) is 11.1 Å². The molecule has 0 aliphatic carbocycles. The van der Waals surface area contributed by atoms with Crippen LogP contribution in [0.15, 0.2) is 36.5 Å². The van der Waals surface area contributed by atoms with Gasteiger partial charge in [0.1, 0.15) is 11.6 Å². The normalized spacial score (nSPS) is 16.4. The molecule has 29 heavy (non-hydrogen) atoms. The molecule has 0 saturated carbocycles. The molecule has 1 N–H and O–H groups in total. The molecule has 3 rings (SSSR count). The van der Waals surface area contributed by atoms with Crippen LogP contribution in [0.25, 0.3) is 0 Å². The number of pyridine rings is 1. The number of hydrogen-bond donors (Lipinski definition) is 1. The molecule has 6 nitrogen and oxygen atoms in total. The van der Waals surface area contributed by atoms with E-state index in [9.17, 15) is 9.59 Å². The lowest BCUT2D eigenvalue weighted by molar-refractivity contribution is -0.135. The monoisotopic (exact) mass is 395 g/mol. The number of aryl methyl sites for hydroxylation is 2. The van der Waals surface area contributed by atoms with Gasteiger partial charge >= 0.3 is 0 Å². The van der Waals surface area contributed by atoms with E-state index < -0.39 is 0 Å². The van der Waals surface area contributed by atoms with Gasteiger partial charge in [-0.25, -0.2) is 4.98 Å². The number of likely N-dealkylation sites (tertiary alicyclic amines) is 1. The number of nitrogens with zero attached hydrogens (tertiary/aromatic N) is 2. The Bertz CT molecular complexity index is 881. The van der Waals surface area contributed by atoms with Gasteiger partial charge < -0.3 is 15.0 Å². The summed E-state index contributed by atoms with van der Waals surface area (Å²) in [6, 6.07) is 9.67. The number of ether oxygens (including phenoxy) is 1. The van der Waals surface area contributed by atoms with Gasteiger partial charge in [0, 0.05) is 19.3 Å². The Morgan fingerprint density at radius 3 is 2.76 bits per heavy atom. The van der Waals surface area contributed by atoms with Gasteiger partial charge in [0.2, 0.25) is 11.8 Å². The van der Waals surface area contributed by atoms with E-state index in [4.69, 9.17) is 4.74 Å². The lowest BCUT2D eigenvalue weighted by Gasteiger charge is -2.32. The van der Waals surface area contributed by atoms with Gasteiger partial charge in [-0.15, -0.1) is 0 Å². The fourth-order valence-corrected chi connectivity index (χ4v) is 3.54. The maximum atomic E-state index is 12.6. The zero-order chi connectivity index (χ0) is 20.8. The minimum Gasteiger partial charge on any atom is -0.493 e. The fourth-order valence-electron chi connectivity index (χ4n) is 3.54. The Morgan fingerprint density at radius 1 is 1.17 bits per heavy atom. The average Bonchev–Trinajstić information content (AvgIpc) is 2.73. The van der Waals surface area contributed by atoms with Crippen molar-refractivity contribution in [1.82, 2.24) is 9.88 Å². The highest BCUT2D eigenvalue weighted by Gasteiger charge is 2.28. The van der Waals surface area contributed by atoms with Crippen molar-refractivity contribution < 1.29 is 14.3 Å². The minimum atomic E-state index is -0.214. The summed E-state index contributed by atoms with van der Waals surface area (Å²) in [7, 11) is 0. The number of carbonyl (C=O) groups is 2.